The van der Waals surface area contributed by atoms with Crippen LogP contribution in [0, 0.1) is 29.1 Å². The van der Waals surface area contributed by atoms with E-state index in [0.29, 0.717) is 59.2 Å². The van der Waals surface area contributed by atoms with Crippen molar-refractivity contribution in [3.05, 3.63) is 77.7 Å². The van der Waals surface area contributed by atoms with Gasteiger partial charge in [0.05, 0.1) is 29.3 Å². The van der Waals surface area contributed by atoms with Crippen molar-refractivity contribution in [2.75, 3.05) is 31.6 Å². The average molecular weight is 578 g/mol. The molecule has 43 heavy (non-hydrogen) atoms. The SMILES string of the molecule is CN(Cc1nnc(-c2ccccc2)o1)C(=O)[C@H]1CCCN(c2cccc3c2C(=O)N(C[C@@H]2C[C@@H]4C=C[C@@H]2C42CC2)C3=O)C1. The summed E-state index contributed by atoms with van der Waals surface area (Å²) in [5.74, 6) is 1.63. The van der Waals surface area contributed by atoms with Crippen molar-refractivity contribution in [3.8, 4) is 11.5 Å². The van der Waals surface area contributed by atoms with E-state index in [0.717, 1.165) is 37.1 Å². The lowest BCUT2D eigenvalue weighted by atomic mass is 9.88. The Morgan fingerprint density at radius 3 is 2.67 bits per heavy atom. The first-order chi connectivity index (χ1) is 20.9. The molecule has 3 aliphatic carbocycles. The second-order valence-corrected chi connectivity index (χ2v) is 13.0. The van der Waals surface area contributed by atoms with Crippen LogP contribution in [0.1, 0.15) is 58.7 Å². The third-order valence-electron chi connectivity index (χ3n) is 10.6. The second kappa shape index (κ2) is 9.89. The zero-order valence-corrected chi connectivity index (χ0v) is 24.3. The Morgan fingerprint density at radius 1 is 1.05 bits per heavy atom. The molecule has 3 amide bonds. The van der Waals surface area contributed by atoms with E-state index in [2.05, 4.69) is 27.2 Å². The highest BCUT2D eigenvalue weighted by molar-refractivity contribution is 6.23. The molecule has 0 radical (unpaired) electrons. The Labute approximate surface area is 250 Å². The maximum atomic E-state index is 13.8. The third kappa shape index (κ3) is 4.23. The lowest BCUT2D eigenvalue weighted by Crippen LogP contribution is -2.44. The van der Waals surface area contributed by atoms with E-state index in [1.807, 2.05) is 42.5 Å². The Hall–Kier alpha value is -4.27. The van der Waals surface area contributed by atoms with Crippen LogP contribution < -0.4 is 4.90 Å². The first kappa shape index (κ1) is 26.4. The number of anilines is 1. The van der Waals surface area contributed by atoms with Gasteiger partial charge in [0, 0.05) is 32.2 Å². The molecule has 1 aromatic heterocycles. The number of allylic oxidation sites excluding steroid dienone is 2. The number of benzene rings is 2. The van der Waals surface area contributed by atoms with Gasteiger partial charge in [-0.05, 0) is 79.5 Å². The minimum atomic E-state index is -0.245. The van der Waals surface area contributed by atoms with Crippen LogP contribution in [0.5, 0.6) is 0 Å². The highest BCUT2D eigenvalue weighted by Gasteiger charge is 2.63. The lowest BCUT2D eigenvalue weighted by Gasteiger charge is -2.36. The standard InChI is InChI=1S/C34H35N5O4/c1-37(20-28-35-36-30(43-28)21-7-3-2-4-8-21)31(40)22-9-6-16-38(18-22)27-11-5-10-25-29(27)33(42)39(32(25)41)19-23-17-24-12-13-26(23)34(24)14-15-34/h2-5,7-8,10-13,22-24,26H,6,9,14-20H2,1H3/t22-,23-,24-,26-/m0/s1. The molecule has 1 spiro atoms. The molecule has 5 aliphatic rings. The highest BCUT2D eigenvalue weighted by Crippen LogP contribution is 2.70. The van der Waals surface area contributed by atoms with E-state index >= 15 is 0 Å². The number of carbonyl (C=O) groups is 3. The van der Waals surface area contributed by atoms with Gasteiger partial charge in [-0.1, -0.05) is 36.4 Å². The predicted octanol–water partition coefficient (Wildman–Crippen LogP) is 4.81. The first-order valence-electron chi connectivity index (χ1n) is 15.5. The second-order valence-electron chi connectivity index (χ2n) is 13.0. The summed E-state index contributed by atoms with van der Waals surface area (Å²) in [7, 11) is 1.75. The van der Waals surface area contributed by atoms with E-state index in [1.54, 1.807) is 18.0 Å². The first-order valence-corrected chi connectivity index (χ1v) is 15.5. The molecule has 9 heteroatoms. The molecule has 0 unspecified atom stereocenters. The number of imide groups is 1. The lowest BCUT2D eigenvalue weighted by molar-refractivity contribution is -0.135. The molecule has 2 bridgehead atoms. The van der Waals surface area contributed by atoms with E-state index in [1.165, 1.54) is 17.7 Å². The molecule has 3 fully saturated rings. The Morgan fingerprint density at radius 2 is 1.88 bits per heavy atom. The summed E-state index contributed by atoms with van der Waals surface area (Å²) >= 11 is 0. The van der Waals surface area contributed by atoms with Crippen molar-refractivity contribution in [2.24, 2.45) is 29.1 Å². The average Bonchev–Trinajstić information content (AvgIpc) is 3.35. The number of carbonyl (C=O) groups excluding carboxylic acids is 3. The molecule has 2 saturated carbocycles. The van der Waals surface area contributed by atoms with Crippen LogP contribution in [0.4, 0.5) is 5.69 Å². The summed E-state index contributed by atoms with van der Waals surface area (Å²) in [4.78, 5) is 46.2. The summed E-state index contributed by atoms with van der Waals surface area (Å²) in [5.41, 5.74) is 2.99. The summed E-state index contributed by atoms with van der Waals surface area (Å²) in [6, 6.07) is 15.1. The minimum Gasteiger partial charge on any atom is -0.419 e. The molecule has 1 saturated heterocycles. The van der Waals surface area contributed by atoms with Crippen LogP contribution in [0.2, 0.25) is 0 Å². The van der Waals surface area contributed by atoms with Crippen molar-refractivity contribution in [1.29, 1.82) is 0 Å². The Kier molecular flexibility index (Phi) is 6.07. The maximum Gasteiger partial charge on any atom is 0.263 e. The van der Waals surface area contributed by atoms with E-state index in [4.69, 9.17) is 4.42 Å². The molecule has 4 atom stereocenters. The van der Waals surface area contributed by atoms with Crippen LogP contribution >= 0.6 is 0 Å². The Balaban J connectivity index is 0.957. The molecule has 2 aliphatic heterocycles. The van der Waals surface area contributed by atoms with Gasteiger partial charge in [-0.25, -0.2) is 0 Å². The summed E-state index contributed by atoms with van der Waals surface area (Å²) < 4.78 is 5.82. The fourth-order valence-corrected chi connectivity index (χ4v) is 8.32. The number of hydrogen-bond donors (Lipinski definition) is 0. The molecule has 8 rings (SSSR count). The normalized spacial score (nSPS) is 26.4. The van der Waals surface area contributed by atoms with Crippen molar-refractivity contribution < 1.29 is 18.8 Å². The van der Waals surface area contributed by atoms with Crippen molar-refractivity contribution >= 4 is 23.4 Å². The molecule has 220 valence electrons. The monoisotopic (exact) mass is 577 g/mol. The number of hydrogen-bond acceptors (Lipinski definition) is 7. The van der Waals surface area contributed by atoms with Gasteiger partial charge in [-0.3, -0.25) is 19.3 Å². The smallest absolute Gasteiger partial charge is 0.263 e. The molecular formula is C34H35N5O4. The topological polar surface area (TPSA) is 99.8 Å². The highest BCUT2D eigenvalue weighted by atomic mass is 16.4. The van der Waals surface area contributed by atoms with E-state index < -0.39 is 0 Å². The number of fused-ring (bicyclic) bond motifs is 1. The van der Waals surface area contributed by atoms with Crippen LogP contribution in [0.25, 0.3) is 11.5 Å². The zero-order valence-electron chi connectivity index (χ0n) is 24.3. The Bertz CT molecular complexity index is 1640. The summed E-state index contributed by atoms with van der Waals surface area (Å²) in [5, 5.41) is 8.29. The fourth-order valence-electron chi connectivity index (χ4n) is 8.32. The van der Waals surface area contributed by atoms with Crippen molar-refractivity contribution in [1.82, 2.24) is 20.0 Å². The third-order valence-corrected chi connectivity index (χ3v) is 10.6. The summed E-state index contributed by atoms with van der Waals surface area (Å²) in [6.45, 7) is 1.93. The number of aromatic nitrogens is 2. The van der Waals surface area contributed by atoms with Crippen LogP contribution in [0.3, 0.4) is 0 Å². The van der Waals surface area contributed by atoms with Gasteiger partial charge in [0.15, 0.2) is 0 Å². The molecular weight excluding hydrogens is 542 g/mol. The van der Waals surface area contributed by atoms with Gasteiger partial charge in [0.25, 0.3) is 11.8 Å². The molecule has 3 heterocycles. The van der Waals surface area contributed by atoms with Crippen molar-refractivity contribution in [2.45, 2.75) is 38.6 Å². The molecule has 2 aromatic carbocycles. The van der Waals surface area contributed by atoms with Gasteiger partial charge in [0.1, 0.15) is 0 Å². The molecule has 9 nitrogen and oxygen atoms in total. The quantitative estimate of drug-likeness (QED) is 0.294. The van der Waals surface area contributed by atoms with E-state index in [-0.39, 0.29) is 30.2 Å². The van der Waals surface area contributed by atoms with Crippen LogP contribution in [0.15, 0.2) is 65.1 Å². The molecule has 3 aromatic rings. The maximum absolute atomic E-state index is 13.8. The van der Waals surface area contributed by atoms with Gasteiger partial charge >= 0.3 is 0 Å². The predicted molar refractivity (Wildman–Crippen MR) is 159 cm³/mol. The van der Waals surface area contributed by atoms with Gasteiger partial charge in [0.2, 0.25) is 17.7 Å². The van der Waals surface area contributed by atoms with E-state index in [9.17, 15) is 14.4 Å². The number of nitrogens with zero attached hydrogens (tertiary/aromatic N) is 5. The summed E-state index contributed by atoms with van der Waals surface area (Å²) in [6.07, 6.45) is 9.89. The van der Waals surface area contributed by atoms with Crippen LogP contribution in [-0.4, -0.2) is 64.4 Å². The number of piperidine rings is 1. The number of amides is 3. The van der Waals surface area contributed by atoms with Gasteiger partial charge in [-0.15, -0.1) is 10.2 Å². The van der Waals surface area contributed by atoms with Crippen LogP contribution in [-0.2, 0) is 11.3 Å². The largest absolute Gasteiger partial charge is 0.419 e. The molecule has 0 N–H and O–H groups in total. The minimum absolute atomic E-state index is 0.000821. The van der Waals surface area contributed by atoms with Gasteiger partial charge < -0.3 is 14.2 Å². The number of rotatable bonds is 7. The van der Waals surface area contributed by atoms with Crippen molar-refractivity contribution in [3.63, 3.8) is 0 Å². The van der Waals surface area contributed by atoms with Gasteiger partial charge in [-0.2, -0.15) is 0 Å². The zero-order chi connectivity index (χ0) is 29.3. The fraction of sp³-hybridized carbons (Fsp3) is 0.441.